The lowest BCUT2D eigenvalue weighted by molar-refractivity contribution is -0.156. The maximum absolute atomic E-state index is 10.1. The van der Waals surface area contributed by atoms with Gasteiger partial charge in [-0.15, -0.1) is 0 Å². The van der Waals surface area contributed by atoms with Crippen molar-refractivity contribution in [1.29, 1.82) is 0 Å². The van der Waals surface area contributed by atoms with Crippen LogP contribution in [0.15, 0.2) is 0 Å². The molecule has 4 atom stereocenters. The molecule has 2 heteroatoms. The van der Waals surface area contributed by atoms with Gasteiger partial charge in [-0.3, -0.25) is 0 Å². The van der Waals surface area contributed by atoms with Crippen molar-refractivity contribution in [3.05, 3.63) is 0 Å². The molecule has 13 heavy (non-hydrogen) atoms. The summed E-state index contributed by atoms with van der Waals surface area (Å²) in [5, 5.41) is 20.2. The summed E-state index contributed by atoms with van der Waals surface area (Å²) in [5.41, 5.74) is -1.46. The summed E-state index contributed by atoms with van der Waals surface area (Å²) >= 11 is 0. The summed E-state index contributed by atoms with van der Waals surface area (Å²) < 4.78 is 0. The zero-order chi connectivity index (χ0) is 10.1. The topological polar surface area (TPSA) is 40.5 Å². The molecule has 2 aliphatic rings. The van der Waals surface area contributed by atoms with Gasteiger partial charge < -0.3 is 10.2 Å². The molecule has 0 aromatic carbocycles. The number of rotatable bonds is 0. The Labute approximate surface area is 80.0 Å². The molecule has 2 fully saturated rings. The van der Waals surface area contributed by atoms with Gasteiger partial charge in [0.1, 0.15) is 0 Å². The van der Waals surface area contributed by atoms with Gasteiger partial charge in [-0.25, -0.2) is 0 Å². The number of fused-ring (bicyclic) bond motifs is 1. The molecule has 4 unspecified atom stereocenters. The summed E-state index contributed by atoms with van der Waals surface area (Å²) in [6.07, 6.45) is 1.50. The molecule has 0 aromatic rings. The Balaban J connectivity index is 2.23. The zero-order valence-corrected chi connectivity index (χ0v) is 8.96. The predicted octanol–water partition coefficient (Wildman–Crippen LogP) is 1.55. The van der Waals surface area contributed by atoms with E-state index in [2.05, 4.69) is 13.8 Å². The highest BCUT2D eigenvalue weighted by Crippen LogP contribution is 2.68. The molecule has 0 radical (unpaired) electrons. The van der Waals surface area contributed by atoms with E-state index in [1.807, 2.05) is 0 Å². The molecule has 0 spiro atoms. The van der Waals surface area contributed by atoms with Gasteiger partial charge >= 0.3 is 0 Å². The van der Waals surface area contributed by atoms with Gasteiger partial charge in [-0.1, -0.05) is 13.8 Å². The Hall–Kier alpha value is -0.0800. The average Bonchev–Trinajstić information content (AvgIpc) is 2.36. The fraction of sp³-hybridized carbons (Fsp3) is 1.00. The van der Waals surface area contributed by atoms with Crippen LogP contribution in [0, 0.1) is 17.3 Å². The van der Waals surface area contributed by atoms with E-state index in [-0.39, 0.29) is 0 Å². The molecular weight excluding hydrogens is 164 g/mol. The lowest BCUT2D eigenvalue weighted by Crippen LogP contribution is -2.52. The van der Waals surface area contributed by atoms with Gasteiger partial charge in [0.25, 0.3) is 0 Å². The minimum absolute atomic E-state index is 0.338. The second-order valence-electron chi connectivity index (χ2n) is 5.99. The minimum Gasteiger partial charge on any atom is -0.387 e. The van der Waals surface area contributed by atoms with Crippen molar-refractivity contribution in [2.75, 3.05) is 0 Å². The van der Waals surface area contributed by atoms with Gasteiger partial charge in [-0.05, 0) is 43.9 Å². The monoisotopic (exact) mass is 184 g/mol. The standard InChI is InChI=1S/C11H20O2/c1-9(2)7-5-10(3,12)11(4,13)6-8(7)9/h7-8,12-13H,5-6H2,1-4H3. The molecule has 0 aromatic heterocycles. The highest BCUT2D eigenvalue weighted by atomic mass is 16.4. The zero-order valence-electron chi connectivity index (χ0n) is 8.96. The first-order chi connectivity index (χ1) is 5.68. The summed E-state index contributed by atoms with van der Waals surface area (Å²) in [4.78, 5) is 0. The van der Waals surface area contributed by atoms with E-state index in [1.54, 1.807) is 13.8 Å². The SMILES string of the molecule is CC1(C)C2CC(C)(O)C(C)(O)CC21. The molecular formula is C11H20O2. The van der Waals surface area contributed by atoms with E-state index in [4.69, 9.17) is 0 Å². The van der Waals surface area contributed by atoms with Crippen LogP contribution >= 0.6 is 0 Å². The van der Waals surface area contributed by atoms with Crippen LogP contribution < -0.4 is 0 Å². The van der Waals surface area contributed by atoms with Gasteiger partial charge in [-0.2, -0.15) is 0 Å². The van der Waals surface area contributed by atoms with E-state index >= 15 is 0 Å². The van der Waals surface area contributed by atoms with E-state index in [9.17, 15) is 10.2 Å². The second-order valence-corrected chi connectivity index (χ2v) is 5.99. The van der Waals surface area contributed by atoms with Crippen molar-refractivity contribution in [2.45, 2.75) is 51.7 Å². The third-order valence-electron chi connectivity index (χ3n) is 4.68. The van der Waals surface area contributed by atoms with Gasteiger partial charge in [0.15, 0.2) is 0 Å². The smallest absolute Gasteiger partial charge is 0.0905 e. The third kappa shape index (κ3) is 1.08. The normalized spacial score (nSPS) is 58.6. The summed E-state index contributed by atoms with van der Waals surface area (Å²) in [5.74, 6) is 1.23. The van der Waals surface area contributed by atoms with Crippen LogP contribution in [0.5, 0.6) is 0 Å². The summed E-state index contributed by atoms with van der Waals surface area (Å²) in [7, 11) is 0. The first-order valence-electron chi connectivity index (χ1n) is 5.13. The van der Waals surface area contributed by atoms with Crippen LogP contribution in [0.4, 0.5) is 0 Å². The molecule has 2 aliphatic carbocycles. The van der Waals surface area contributed by atoms with Gasteiger partial charge in [0.05, 0.1) is 11.2 Å². The number of hydrogen-bond acceptors (Lipinski definition) is 2. The van der Waals surface area contributed by atoms with Crippen molar-refractivity contribution in [3.63, 3.8) is 0 Å². The molecule has 0 bridgehead atoms. The molecule has 2 N–H and O–H groups in total. The van der Waals surface area contributed by atoms with Gasteiger partial charge in [0.2, 0.25) is 0 Å². The maximum atomic E-state index is 10.1. The van der Waals surface area contributed by atoms with Crippen molar-refractivity contribution in [1.82, 2.24) is 0 Å². The summed E-state index contributed by atoms with van der Waals surface area (Å²) in [6.45, 7) is 7.99. The summed E-state index contributed by atoms with van der Waals surface area (Å²) in [6, 6.07) is 0. The maximum Gasteiger partial charge on any atom is 0.0905 e. The van der Waals surface area contributed by atoms with Crippen LogP contribution in [0.2, 0.25) is 0 Å². The Bertz CT molecular complexity index is 216. The Morgan fingerprint density at radius 2 is 1.15 bits per heavy atom. The van der Waals surface area contributed by atoms with E-state index in [0.29, 0.717) is 17.3 Å². The fourth-order valence-corrected chi connectivity index (χ4v) is 2.96. The molecule has 2 rings (SSSR count). The first kappa shape index (κ1) is 9.47. The number of aliphatic hydroxyl groups is 2. The molecule has 0 saturated heterocycles. The van der Waals surface area contributed by atoms with Crippen LogP contribution in [0.1, 0.15) is 40.5 Å². The minimum atomic E-state index is -0.901. The van der Waals surface area contributed by atoms with E-state index in [0.717, 1.165) is 12.8 Å². The fourth-order valence-electron chi connectivity index (χ4n) is 2.96. The molecule has 0 aliphatic heterocycles. The van der Waals surface area contributed by atoms with Crippen molar-refractivity contribution >= 4 is 0 Å². The van der Waals surface area contributed by atoms with E-state index in [1.165, 1.54) is 0 Å². The predicted molar refractivity (Wildman–Crippen MR) is 51.2 cm³/mol. The lowest BCUT2D eigenvalue weighted by Gasteiger charge is -2.42. The Morgan fingerprint density at radius 3 is 1.46 bits per heavy atom. The molecule has 2 saturated carbocycles. The number of hydrogen-bond donors (Lipinski definition) is 2. The van der Waals surface area contributed by atoms with Crippen molar-refractivity contribution in [3.8, 4) is 0 Å². The third-order valence-corrected chi connectivity index (χ3v) is 4.68. The van der Waals surface area contributed by atoms with Crippen LogP contribution in [-0.2, 0) is 0 Å². The second kappa shape index (κ2) is 2.12. The first-order valence-corrected chi connectivity index (χ1v) is 5.13. The van der Waals surface area contributed by atoms with Gasteiger partial charge in [0, 0.05) is 0 Å². The van der Waals surface area contributed by atoms with Crippen molar-refractivity contribution in [2.24, 2.45) is 17.3 Å². The van der Waals surface area contributed by atoms with Crippen LogP contribution in [0.3, 0.4) is 0 Å². The highest BCUT2D eigenvalue weighted by Gasteiger charge is 2.66. The lowest BCUT2D eigenvalue weighted by atomic mass is 9.74. The van der Waals surface area contributed by atoms with Crippen molar-refractivity contribution < 1.29 is 10.2 Å². The molecule has 0 heterocycles. The van der Waals surface area contributed by atoms with E-state index < -0.39 is 11.2 Å². The molecule has 76 valence electrons. The van der Waals surface area contributed by atoms with Crippen LogP contribution in [0.25, 0.3) is 0 Å². The Kier molecular flexibility index (Phi) is 1.54. The largest absolute Gasteiger partial charge is 0.387 e. The highest BCUT2D eigenvalue weighted by molar-refractivity contribution is 5.16. The average molecular weight is 184 g/mol. The van der Waals surface area contributed by atoms with Crippen LogP contribution in [-0.4, -0.2) is 21.4 Å². The molecule has 0 amide bonds. The Morgan fingerprint density at radius 1 is 0.846 bits per heavy atom. The quantitative estimate of drug-likeness (QED) is 0.599. The molecule has 2 nitrogen and oxygen atoms in total.